The number of piperidine rings is 2. The predicted molar refractivity (Wildman–Crippen MR) is 80.5 cm³/mol. The van der Waals surface area contributed by atoms with Gasteiger partial charge in [-0.15, -0.1) is 0 Å². The lowest BCUT2D eigenvalue weighted by Gasteiger charge is -2.56. The van der Waals surface area contributed by atoms with Crippen LogP contribution in [-0.4, -0.2) is 58.1 Å². The Labute approximate surface area is 123 Å². The molecule has 116 valence electrons. The molecule has 1 amide bonds. The van der Waals surface area contributed by atoms with E-state index >= 15 is 0 Å². The highest BCUT2D eigenvalue weighted by molar-refractivity contribution is 5.74. The van der Waals surface area contributed by atoms with Gasteiger partial charge >= 0.3 is 0 Å². The Morgan fingerprint density at radius 3 is 2.25 bits per heavy atom. The second-order valence-electron chi connectivity index (χ2n) is 7.61. The molecule has 1 N–H and O–H groups in total. The van der Waals surface area contributed by atoms with Crippen molar-refractivity contribution in [3.8, 4) is 0 Å². The average Bonchev–Trinajstić information content (AvgIpc) is 2.34. The van der Waals surface area contributed by atoms with Crippen LogP contribution in [0.5, 0.6) is 0 Å². The highest BCUT2D eigenvalue weighted by Crippen LogP contribution is 2.45. The molecule has 20 heavy (non-hydrogen) atoms. The van der Waals surface area contributed by atoms with Crippen LogP contribution in [0, 0.1) is 5.41 Å². The Balaban J connectivity index is 2.13. The van der Waals surface area contributed by atoms with Gasteiger partial charge in [0.1, 0.15) is 0 Å². The summed E-state index contributed by atoms with van der Waals surface area (Å²) < 4.78 is 0. The Morgan fingerprint density at radius 2 is 1.80 bits per heavy atom. The van der Waals surface area contributed by atoms with Crippen molar-refractivity contribution in [2.75, 3.05) is 19.6 Å². The summed E-state index contributed by atoms with van der Waals surface area (Å²) in [7, 11) is 0. The van der Waals surface area contributed by atoms with Crippen molar-refractivity contribution in [3.05, 3.63) is 0 Å². The maximum Gasteiger partial charge on any atom is 0.219 e. The summed E-state index contributed by atoms with van der Waals surface area (Å²) in [6.07, 6.45) is 2.57. The van der Waals surface area contributed by atoms with Gasteiger partial charge in [-0.1, -0.05) is 0 Å². The second-order valence-corrected chi connectivity index (χ2v) is 7.61. The topological polar surface area (TPSA) is 43.8 Å². The first-order valence-electron chi connectivity index (χ1n) is 7.88. The quantitative estimate of drug-likeness (QED) is 0.798. The third-order valence-corrected chi connectivity index (χ3v) is 5.60. The largest absolute Gasteiger partial charge is 0.391 e. The van der Waals surface area contributed by atoms with Gasteiger partial charge in [-0.3, -0.25) is 4.79 Å². The molecule has 0 aromatic rings. The molecule has 2 aliphatic rings. The van der Waals surface area contributed by atoms with Gasteiger partial charge in [0.2, 0.25) is 5.91 Å². The molecular formula is C16H30N2O2. The van der Waals surface area contributed by atoms with E-state index in [1.807, 2.05) is 18.7 Å². The number of amides is 1. The van der Waals surface area contributed by atoms with Crippen molar-refractivity contribution in [3.63, 3.8) is 0 Å². The fourth-order valence-electron chi connectivity index (χ4n) is 3.84. The molecule has 0 bridgehead atoms. The van der Waals surface area contributed by atoms with Crippen LogP contribution in [0.15, 0.2) is 0 Å². The lowest BCUT2D eigenvalue weighted by molar-refractivity contribution is -0.157. The maximum atomic E-state index is 12.0. The second kappa shape index (κ2) is 5.30. The van der Waals surface area contributed by atoms with Gasteiger partial charge in [-0.25, -0.2) is 0 Å². The molecule has 2 heterocycles. The van der Waals surface area contributed by atoms with Crippen molar-refractivity contribution < 1.29 is 9.90 Å². The minimum Gasteiger partial charge on any atom is -0.391 e. The molecule has 0 aromatic carbocycles. The van der Waals surface area contributed by atoms with E-state index < -0.39 is 11.6 Å². The van der Waals surface area contributed by atoms with Gasteiger partial charge in [0.15, 0.2) is 0 Å². The van der Waals surface area contributed by atoms with E-state index in [-0.39, 0.29) is 11.3 Å². The summed E-state index contributed by atoms with van der Waals surface area (Å²) >= 11 is 0. The van der Waals surface area contributed by atoms with E-state index in [2.05, 4.69) is 18.7 Å². The Kier molecular flexibility index (Phi) is 4.18. The summed E-state index contributed by atoms with van der Waals surface area (Å²) in [6, 6.07) is 0.584. The molecule has 4 heteroatoms. The number of aliphatic hydroxyl groups is 1. The zero-order valence-electron chi connectivity index (χ0n) is 13.6. The summed E-state index contributed by atoms with van der Waals surface area (Å²) in [5, 5.41) is 10.5. The lowest BCUT2D eigenvalue weighted by Crippen LogP contribution is -2.64. The zero-order valence-corrected chi connectivity index (χ0v) is 13.6. The number of aliphatic hydroxyl groups excluding tert-OH is 1. The molecule has 4 nitrogen and oxygen atoms in total. The van der Waals surface area contributed by atoms with Gasteiger partial charge in [-0.05, 0) is 65.5 Å². The molecule has 2 aliphatic heterocycles. The molecule has 1 atom stereocenters. The van der Waals surface area contributed by atoms with Crippen molar-refractivity contribution >= 4 is 5.91 Å². The first kappa shape index (κ1) is 15.8. The van der Waals surface area contributed by atoms with Crippen molar-refractivity contribution in [2.24, 2.45) is 5.41 Å². The molecule has 1 unspecified atom stereocenters. The molecular weight excluding hydrogens is 252 g/mol. The van der Waals surface area contributed by atoms with Crippen LogP contribution >= 0.6 is 0 Å². The number of rotatable bonds is 1. The molecule has 2 rings (SSSR count). The van der Waals surface area contributed by atoms with Gasteiger partial charge in [-0.2, -0.15) is 0 Å². The molecule has 0 aliphatic carbocycles. The summed E-state index contributed by atoms with van der Waals surface area (Å²) in [5.74, 6) is 0.0828. The van der Waals surface area contributed by atoms with Gasteiger partial charge < -0.3 is 14.9 Å². The van der Waals surface area contributed by atoms with Crippen LogP contribution in [0.2, 0.25) is 0 Å². The molecule has 1 spiro atoms. The first-order valence-corrected chi connectivity index (χ1v) is 7.88. The number of hydrogen-bond acceptors (Lipinski definition) is 3. The lowest BCUT2D eigenvalue weighted by atomic mass is 9.67. The zero-order chi connectivity index (χ0) is 15.1. The average molecular weight is 282 g/mol. The van der Waals surface area contributed by atoms with Crippen LogP contribution in [0.3, 0.4) is 0 Å². The maximum absolute atomic E-state index is 12.0. The normalized spacial score (nSPS) is 29.9. The molecule has 2 saturated heterocycles. The van der Waals surface area contributed by atoms with E-state index in [4.69, 9.17) is 0 Å². The number of carbonyl (C=O) groups is 1. The van der Waals surface area contributed by atoms with E-state index in [9.17, 15) is 9.90 Å². The van der Waals surface area contributed by atoms with E-state index in [0.717, 1.165) is 38.9 Å². The minimum absolute atomic E-state index is 0.0828. The highest BCUT2D eigenvalue weighted by atomic mass is 16.3. The number of nitrogens with zero attached hydrogens (tertiary/aromatic N) is 2. The molecule has 2 fully saturated rings. The van der Waals surface area contributed by atoms with E-state index in [0.29, 0.717) is 6.04 Å². The fourth-order valence-corrected chi connectivity index (χ4v) is 3.84. The Bertz CT molecular complexity index is 371. The van der Waals surface area contributed by atoms with Gasteiger partial charge in [0.05, 0.1) is 11.6 Å². The van der Waals surface area contributed by atoms with Gasteiger partial charge in [0.25, 0.3) is 0 Å². The standard InChI is InChI=1S/C16H30N2O2/c1-12(2)17-8-6-16(7-9-17)10-14(20)15(4,5)18(11-16)13(3)19/h12,14,20H,6-11H2,1-5H3. The first-order chi connectivity index (χ1) is 9.18. The molecule has 0 saturated carbocycles. The Hall–Kier alpha value is -0.610. The van der Waals surface area contributed by atoms with Crippen LogP contribution < -0.4 is 0 Å². The third kappa shape index (κ3) is 2.73. The highest BCUT2D eigenvalue weighted by Gasteiger charge is 2.50. The number of carbonyl (C=O) groups excluding carboxylic acids is 1. The monoisotopic (exact) mass is 282 g/mol. The van der Waals surface area contributed by atoms with Crippen molar-refractivity contribution in [1.29, 1.82) is 0 Å². The smallest absolute Gasteiger partial charge is 0.219 e. The summed E-state index contributed by atoms with van der Waals surface area (Å²) in [6.45, 7) is 13.0. The number of hydrogen-bond donors (Lipinski definition) is 1. The predicted octanol–water partition coefficient (Wildman–Crippen LogP) is 1.87. The van der Waals surface area contributed by atoms with E-state index in [1.54, 1.807) is 6.92 Å². The van der Waals surface area contributed by atoms with E-state index in [1.165, 1.54) is 0 Å². The molecule has 0 aromatic heterocycles. The van der Waals surface area contributed by atoms with Crippen LogP contribution in [0.1, 0.15) is 53.9 Å². The van der Waals surface area contributed by atoms with Crippen molar-refractivity contribution in [1.82, 2.24) is 9.80 Å². The summed E-state index contributed by atoms with van der Waals surface area (Å²) in [5.41, 5.74) is -0.321. The number of likely N-dealkylation sites (tertiary alicyclic amines) is 2. The van der Waals surface area contributed by atoms with Crippen molar-refractivity contribution in [2.45, 2.75) is 71.6 Å². The fraction of sp³-hybridized carbons (Fsp3) is 0.938. The third-order valence-electron chi connectivity index (χ3n) is 5.60. The minimum atomic E-state index is -0.438. The molecule has 0 radical (unpaired) electrons. The van der Waals surface area contributed by atoms with Gasteiger partial charge in [0, 0.05) is 19.5 Å². The van der Waals surface area contributed by atoms with Crippen LogP contribution in [0.4, 0.5) is 0 Å². The SMILES string of the molecule is CC(=O)N1CC2(CCN(C(C)C)CC2)CC(O)C1(C)C. The summed E-state index contributed by atoms with van der Waals surface area (Å²) in [4.78, 5) is 16.4. The Morgan fingerprint density at radius 1 is 1.25 bits per heavy atom. The van der Waals surface area contributed by atoms with Crippen LogP contribution in [0.25, 0.3) is 0 Å². The van der Waals surface area contributed by atoms with Crippen LogP contribution in [-0.2, 0) is 4.79 Å².